The average molecular weight is 792 g/mol. The molecule has 6 aromatic rings. The van der Waals surface area contributed by atoms with Crippen LogP contribution in [0.4, 0.5) is 10.7 Å². The van der Waals surface area contributed by atoms with Gasteiger partial charge in [0.2, 0.25) is 5.91 Å². The van der Waals surface area contributed by atoms with Gasteiger partial charge in [0.05, 0.1) is 12.7 Å². The molecule has 7 rings (SSSR count). The number of esters is 1. The fourth-order valence-electron chi connectivity index (χ4n) is 6.83. The number of amides is 3. The maximum absolute atomic E-state index is 14.4. The van der Waals surface area contributed by atoms with E-state index in [0.29, 0.717) is 34.2 Å². The van der Waals surface area contributed by atoms with Crippen molar-refractivity contribution in [1.29, 1.82) is 0 Å². The lowest BCUT2D eigenvalue weighted by molar-refractivity contribution is -0.116. The number of benzene rings is 5. The molecule has 5 aromatic carbocycles. The van der Waals surface area contributed by atoms with Gasteiger partial charge < -0.3 is 20.7 Å². The highest BCUT2D eigenvalue weighted by Crippen LogP contribution is 2.44. The van der Waals surface area contributed by atoms with E-state index in [1.165, 1.54) is 35.8 Å². The Morgan fingerprint density at radius 1 is 0.807 bits per heavy atom. The van der Waals surface area contributed by atoms with Crippen molar-refractivity contribution in [3.05, 3.63) is 189 Å². The zero-order chi connectivity index (χ0) is 39.7. The third kappa shape index (κ3) is 9.60. The summed E-state index contributed by atoms with van der Waals surface area (Å²) in [4.78, 5) is 56.3. The number of anilines is 2. The van der Waals surface area contributed by atoms with Gasteiger partial charge in [0.1, 0.15) is 15.9 Å². The molecule has 0 saturated heterocycles. The first-order valence-corrected chi connectivity index (χ1v) is 20.3. The van der Waals surface area contributed by atoms with Crippen LogP contribution in [0, 0.1) is 6.92 Å². The van der Waals surface area contributed by atoms with E-state index in [1.807, 2.05) is 91.9 Å². The van der Waals surface area contributed by atoms with Crippen molar-refractivity contribution in [3.63, 3.8) is 0 Å². The Balaban J connectivity index is 1.13. The minimum Gasteiger partial charge on any atom is -0.465 e. The van der Waals surface area contributed by atoms with E-state index in [2.05, 4.69) is 28.1 Å². The summed E-state index contributed by atoms with van der Waals surface area (Å²) in [5, 5.41) is 8.62. The van der Waals surface area contributed by atoms with Crippen molar-refractivity contribution in [2.75, 3.05) is 17.7 Å². The molecule has 2 unspecified atom stereocenters. The number of fused-ring (bicyclic) bond motifs is 1. The minimum atomic E-state index is -0.707. The molecule has 0 spiro atoms. The van der Waals surface area contributed by atoms with Gasteiger partial charge in [0, 0.05) is 21.0 Å². The van der Waals surface area contributed by atoms with Crippen LogP contribution < -0.4 is 16.0 Å². The lowest BCUT2D eigenvalue weighted by atomic mass is 9.83. The number of aryl methyl sites for hydroxylation is 1. The first-order valence-electron chi connectivity index (χ1n) is 18.6. The van der Waals surface area contributed by atoms with Crippen molar-refractivity contribution in [1.82, 2.24) is 5.32 Å². The molecule has 3 N–H and O–H groups in total. The second-order valence-corrected chi connectivity index (χ2v) is 16.0. The Hall–Kier alpha value is -6.23. The number of rotatable bonds is 12. The molecule has 1 aliphatic rings. The molecule has 57 heavy (non-hydrogen) atoms. The number of thiophene rings is 1. The molecule has 0 aliphatic heterocycles. The standard InChI is InChI=1S/C47H41N3O5S2/c1-30-21-23-31(24-22-30)27-39(49-43(51)34-17-10-5-11-18-34)44(52)48-36-19-12-20-37(29-36)56-42(33-15-8-4-9-16-33)45(53)50-46-41(47(54)55-2)38-26-25-35(28-40(38)57-46)32-13-6-3-7-14-32/h3-24,27,29,35,42H,25-26,28H2,1-2H3,(H,48,52)(H,49,51)(H,50,53)/b39-27-. The average Bonchev–Trinajstić information content (AvgIpc) is 3.61. The van der Waals surface area contributed by atoms with Crippen molar-refractivity contribution in [2.24, 2.45) is 0 Å². The molecule has 0 fully saturated rings. The van der Waals surface area contributed by atoms with Crippen molar-refractivity contribution < 1.29 is 23.9 Å². The molecule has 0 radical (unpaired) electrons. The van der Waals surface area contributed by atoms with E-state index >= 15 is 0 Å². The predicted octanol–water partition coefficient (Wildman–Crippen LogP) is 10.00. The summed E-state index contributed by atoms with van der Waals surface area (Å²) in [6.07, 6.45) is 4.01. The maximum atomic E-state index is 14.4. The van der Waals surface area contributed by atoms with Gasteiger partial charge >= 0.3 is 5.97 Å². The number of hydrogen-bond donors (Lipinski definition) is 3. The van der Waals surface area contributed by atoms with E-state index in [9.17, 15) is 19.2 Å². The Morgan fingerprint density at radius 2 is 1.49 bits per heavy atom. The van der Waals surface area contributed by atoms with Gasteiger partial charge in [-0.15, -0.1) is 23.1 Å². The highest BCUT2D eigenvalue weighted by Gasteiger charge is 2.32. The second kappa shape index (κ2) is 18.1. The largest absolute Gasteiger partial charge is 0.465 e. The summed E-state index contributed by atoms with van der Waals surface area (Å²) in [5.74, 6) is -1.37. The number of nitrogens with one attached hydrogen (secondary N) is 3. The maximum Gasteiger partial charge on any atom is 0.341 e. The van der Waals surface area contributed by atoms with Crippen LogP contribution in [-0.2, 0) is 27.2 Å². The first-order chi connectivity index (χ1) is 27.7. The Kier molecular flexibility index (Phi) is 12.4. The fraction of sp³-hybridized carbons (Fsp3) is 0.149. The lowest BCUT2D eigenvalue weighted by Gasteiger charge is -2.22. The molecule has 1 aromatic heterocycles. The van der Waals surface area contributed by atoms with Gasteiger partial charge in [-0.1, -0.05) is 115 Å². The van der Waals surface area contributed by atoms with E-state index in [1.54, 1.807) is 48.5 Å². The van der Waals surface area contributed by atoms with Crippen LogP contribution in [0.1, 0.15) is 71.0 Å². The topological polar surface area (TPSA) is 114 Å². The number of ether oxygens (including phenoxy) is 1. The van der Waals surface area contributed by atoms with Crippen molar-refractivity contribution in [2.45, 2.75) is 42.2 Å². The number of methoxy groups -OCH3 is 1. The van der Waals surface area contributed by atoms with Gasteiger partial charge in [0.25, 0.3) is 11.8 Å². The molecule has 1 aliphatic carbocycles. The van der Waals surface area contributed by atoms with Crippen LogP contribution in [0.25, 0.3) is 6.08 Å². The Morgan fingerprint density at radius 3 is 2.19 bits per heavy atom. The molecule has 1 heterocycles. The quantitative estimate of drug-likeness (QED) is 0.0646. The SMILES string of the molecule is COC(=O)c1c(NC(=O)C(Sc2cccc(NC(=O)/C(=C/c3ccc(C)cc3)NC(=O)c3ccccc3)c2)c2ccccc2)sc2c1CCC(c1ccccc1)C2. The molecule has 0 saturated carbocycles. The fourth-order valence-corrected chi connectivity index (χ4v) is 9.24. The molecule has 10 heteroatoms. The molecular weight excluding hydrogens is 751 g/mol. The van der Waals surface area contributed by atoms with E-state index in [0.717, 1.165) is 44.9 Å². The molecule has 3 amide bonds. The summed E-state index contributed by atoms with van der Waals surface area (Å²) in [5.41, 5.74) is 6.18. The predicted molar refractivity (Wildman–Crippen MR) is 229 cm³/mol. The van der Waals surface area contributed by atoms with Gasteiger partial charge in [-0.25, -0.2) is 4.79 Å². The number of carbonyl (C=O) groups is 4. The van der Waals surface area contributed by atoms with E-state index in [-0.39, 0.29) is 11.6 Å². The van der Waals surface area contributed by atoms with Crippen molar-refractivity contribution in [3.8, 4) is 0 Å². The summed E-state index contributed by atoms with van der Waals surface area (Å²) < 4.78 is 5.23. The molecule has 8 nitrogen and oxygen atoms in total. The highest BCUT2D eigenvalue weighted by atomic mass is 32.2. The zero-order valence-corrected chi connectivity index (χ0v) is 33.1. The van der Waals surface area contributed by atoms with E-state index < -0.39 is 23.0 Å². The van der Waals surface area contributed by atoms with Gasteiger partial charge in [-0.3, -0.25) is 14.4 Å². The third-order valence-corrected chi connectivity index (χ3v) is 12.2. The van der Waals surface area contributed by atoms with Crippen LogP contribution in [-0.4, -0.2) is 30.8 Å². The van der Waals surface area contributed by atoms with E-state index in [4.69, 9.17) is 4.74 Å². The monoisotopic (exact) mass is 791 g/mol. The first kappa shape index (κ1) is 39.0. The number of carbonyl (C=O) groups excluding carboxylic acids is 4. The summed E-state index contributed by atoms with van der Waals surface area (Å²) >= 11 is 2.77. The normalized spacial score (nSPS) is 14.1. The van der Waals surface area contributed by atoms with Crippen LogP contribution in [0.2, 0.25) is 0 Å². The minimum absolute atomic E-state index is 0.0717. The molecule has 2 atom stereocenters. The molecule has 0 bridgehead atoms. The summed E-state index contributed by atoms with van der Waals surface area (Å²) in [7, 11) is 1.36. The van der Waals surface area contributed by atoms with Crippen LogP contribution in [0.3, 0.4) is 0 Å². The Bertz CT molecular complexity index is 2410. The number of hydrogen-bond acceptors (Lipinski definition) is 7. The third-order valence-electron chi connectivity index (χ3n) is 9.77. The zero-order valence-electron chi connectivity index (χ0n) is 31.5. The molecular formula is C47H41N3O5S2. The molecule has 286 valence electrons. The van der Waals surface area contributed by atoms with Crippen LogP contribution in [0.5, 0.6) is 0 Å². The van der Waals surface area contributed by atoms with Crippen LogP contribution >= 0.6 is 23.1 Å². The van der Waals surface area contributed by atoms with Gasteiger partial charge in [-0.2, -0.15) is 0 Å². The summed E-state index contributed by atoms with van der Waals surface area (Å²) in [6.45, 7) is 1.98. The summed E-state index contributed by atoms with van der Waals surface area (Å²) in [6, 6.07) is 43.4. The smallest absolute Gasteiger partial charge is 0.341 e. The van der Waals surface area contributed by atoms with Gasteiger partial charge in [-0.05, 0) is 90.8 Å². The number of thioether (sulfide) groups is 1. The van der Waals surface area contributed by atoms with Crippen LogP contribution in [0.15, 0.2) is 150 Å². The highest BCUT2D eigenvalue weighted by molar-refractivity contribution is 8.00. The lowest BCUT2D eigenvalue weighted by Crippen LogP contribution is -2.30. The second-order valence-electron chi connectivity index (χ2n) is 13.7. The van der Waals surface area contributed by atoms with Crippen molar-refractivity contribution >= 4 is 63.6 Å². The Labute approximate surface area is 340 Å². The van der Waals surface area contributed by atoms with Gasteiger partial charge in [0.15, 0.2) is 0 Å².